The molecule has 0 bridgehead atoms. The van der Waals surface area contributed by atoms with Crippen molar-refractivity contribution >= 4 is 11.6 Å². The Morgan fingerprint density at radius 2 is 1.74 bits per heavy atom. The first-order valence-electron chi connectivity index (χ1n) is 7.87. The van der Waals surface area contributed by atoms with E-state index in [9.17, 15) is 4.79 Å². The van der Waals surface area contributed by atoms with E-state index in [-0.39, 0.29) is 5.91 Å². The molecule has 0 aliphatic carbocycles. The zero-order chi connectivity index (χ0) is 15.6. The maximum absolute atomic E-state index is 13.3. The van der Waals surface area contributed by atoms with Crippen molar-refractivity contribution in [2.45, 2.75) is 12.0 Å². The standard InChI is InChI=1S/C20H16N2O/c1-21-18-10-5-4-9-16(18)20(19(21)23)13-14-7-2-3-8-15(14)17-11-6-12-22(17)20/h2-12H,13H2,1H3. The van der Waals surface area contributed by atoms with Gasteiger partial charge in [0.25, 0.3) is 5.91 Å². The maximum atomic E-state index is 13.3. The maximum Gasteiger partial charge on any atom is 0.258 e. The number of amides is 1. The average molecular weight is 300 g/mol. The van der Waals surface area contributed by atoms with E-state index in [1.165, 1.54) is 11.1 Å². The van der Waals surface area contributed by atoms with Crippen molar-refractivity contribution < 1.29 is 4.79 Å². The molecule has 0 saturated heterocycles. The molecule has 1 unspecified atom stereocenters. The lowest BCUT2D eigenvalue weighted by molar-refractivity contribution is -0.124. The van der Waals surface area contributed by atoms with Gasteiger partial charge in [0, 0.05) is 42.2 Å². The van der Waals surface area contributed by atoms with Gasteiger partial charge in [0.05, 0.1) is 0 Å². The number of hydrogen-bond acceptors (Lipinski definition) is 1. The van der Waals surface area contributed by atoms with Crippen molar-refractivity contribution in [3.63, 3.8) is 0 Å². The molecule has 1 aromatic heterocycles. The van der Waals surface area contributed by atoms with Crippen LogP contribution in [0.3, 0.4) is 0 Å². The second-order valence-electron chi connectivity index (χ2n) is 6.34. The molecule has 2 aliphatic heterocycles. The van der Waals surface area contributed by atoms with Crippen LogP contribution in [-0.2, 0) is 16.8 Å². The van der Waals surface area contributed by atoms with Gasteiger partial charge in [-0.1, -0.05) is 42.5 Å². The Hall–Kier alpha value is -2.81. The van der Waals surface area contributed by atoms with Gasteiger partial charge >= 0.3 is 0 Å². The van der Waals surface area contributed by atoms with Crippen molar-refractivity contribution in [1.82, 2.24) is 4.57 Å². The monoisotopic (exact) mass is 300 g/mol. The Balaban J connectivity index is 1.88. The summed E-state index contributed by atoms with van der Waals surface area (Å²) in [4.78, 5) is 15.1. The third kappa shape index (κ3) is 1.38. The Morgan fingerprint density at radius 3 is 2.65 bits per heavy atom. The predicted octanol–water partition coefficient (Wildman–Crippen LogP) is 3.43. The predicted molar refractivity (Wildman–Crippen MR) is 90.5 cm³/mol. The molecule has 0 saturated carbocycles. The molecule has 0 N–H and O–H groups in total. The molecule has 0 radical (unpaired) electrons. The van der Waals surface area contributed by atoms with Crippen LogP contribution in [0.5, 0.6) is 0 Å². The minimum atomic E-state index is -0.654. The number of likely N-dealkylation sites (N-methyl/N-ethyl adjacent to an activating group) is 1. The fourth-order valence-corrected chi connectivity index (χ4v) is 4.24. The van der Waals surface area contributed by atoms with Crippen molar-refractivity contribution in [3.8, 4) is 11.3 Å². The minimum absolute atomic E-state index is 0.144. The van der Waals surface area contributed by atoms with Crippen LogP contribution < -0.4 is 4.90 Å². The molecule has 3 heterocycles. The number of nitrogens with zero attached hydrogens (tertiary/aromatic N) is 2. The number of rotatable bonds is 0. The van der Waals surface area contributed by atoms with Crippen LogP contribution in [0, 0.1) is 0 Å². The highest BCUT2D eigenvalue weighted by Crippen LogP contribution is 2.49. The van der Waals surface area contributed by atoms with Gasteiger partial charge in [-0.25, -0.2) is 0 Å². The van der Waals surface area contributed by atoms with Crippen molar-refractivity contribution in [2.75, 3.05) is 11.9 Å². The summed E-state index contributed by atoms with van der Waals surface area (Å²) in [7, 11) is 1.87. The number of carbonyl (C=O) groups is 1. The molecule has 5 rings (SSSR count). The van der Waals surface area contributed by atoms with Crippen molar-refractivity contribution in [3.05, 3.63) is 78.0 Å². The van der Waals surface area contributed by atoms with E-state index in [0.29, 0.717) is 6.42 Å². The summed E-state index contributed by atoms with van der Waals surface area (Å²) in [6.07, 6.45) is 2.74. The van der Waals surface area contributed by atoms with Crippen molar-refractivity contribution in [1.29, 1.82) is 0 Å². The largest absolute Gasteiger partial charge is 0.328 e. The second-order valence-corrected chi connectivity index (χ2v) is 6.34. The summed E-state index contributed by atoms with van der Waals surface area (Å²) in [6.45, 7) is 0. The van der Waals surface area contributed by atoms with E-state index < -0.39 is 5.54 Å². The van der Waals surface area contributed by atoms with E-state index >= 15 is 0 Å². The summed E-state index contributed by atoms with van der Waals surface area (Å²) < 4.78 is 2.17. The number of benzene rings is 2. The quantitative estimate of drug-likeness (QED) is 0.624. The lowest BCUT2D eigenvalue weighted by atomic mass is 9.79. The smallest absolute Gasteiger partial charge is 0.258 e. The summed E-state index contributed by atoms with van der Waals surface area (Å²) in [5.41, 5.74) is 5.03. The first-order valence-corrected chi connectivity index (χ1v) is 7.87. The SMILES string of the molecule is CN1C(=O)C2(Cc3ccccc3-c3cccn32)c2ccccc21. The van der Waals surface area contributed by atoms with Crippen LogP contribution >= 0.6 is 0 Å². The first kappa shape index (κ1) is 12.7. The molecule has 1 spiro atoms. The van der Waals surface area contributed by atoms with Crippen molar-refractivity contribution in [2.24, 2.45) is 0 Å². The van der Waals surface area contributed by atoms with Gasteiger partial charge in [-0.2, -0.15) is 0 Å². The van der Waals surface area contributed by atoms with Crippen LogP contribution in [0.4, 0.5) is 5.69 Å². The Kier molecular flexibility index (Phi) is 2.28. The number of fused-ring (bicyclic) bond motifs is 6. The highest BCUT2D eigenvalue weighted by molar-refractivity contribution is 6.08. The molecule has 1 atom stereocenters. The van der Waals surface area contributed by atoms with Gasteiger partial charge in [0.15, 0.2) is 5.54 Å². The lowest BCUT2D eigenvalue weighted by Crippen LogP contribution is -2.48. The molecular formula is C20H16N2O. The third-order valence-corrected chi connectivity index (χ3v) is 5.27. The summed E-state index contributed by atoms with van der Waals surface area (Å²) in [5, 5.41) is 0. The number of para-hydroxylation sites is 1. The molecule has 3 aromatic rings. The summed E-state index contributed by atoms with van der Waals surface area (Å²) >= 11 is 0. The molecule has 2 aliphatic rings. The topological polar surface area (TPSA) is 25.2 Å². The van der Waals surface area contributed by atoms with Crippen LogP contribution in [0.1, 0.15) is 11.1 Å². The van der Waals surface area contributed by atoms with Crippen LogP contribution in [0.25, 0.3) is 11.3 Å². The Labute approximate surface area is 134 Å². The van der Waals surface area contributed by atoms with Crippen LogP contribution in [0.2, 0.25) is 0 Å². The van der Waals surface area contributed by atoms with E-state index in [4.69, 9.17) is 0 Å². The zero-order valence-electron chi connectivity index (χ0n) is 12.9. The minimum Gasteiger partial charge on any atom is -0.328 e. The molecule has 0 fully saturated rings. The molecule has 3 heteroatoms. The highest BCUT2D eigenvalue weighted by Gasteiger charge is 2.53. The molecule has 23 heavy (non-hydrogen) atoms. The summed E-state index contributed by atoms with van der Waals surface area (Å²) in [5.74, 6) is 0.144. The second kappa shape index (κ2) is 4.13. The molecular weight excluding hydrogens is 284 g/mol. The first-order chi connectivity index (χ1) is 11.2. The van der Waals surface area contributed by atoms with Gasteiger partial charge in [0.2, 0.25) is 0 Å². The summed E-state index contributed by atoms with van der Waals surface area (Å²) in [6, 6.07) is 20.7. The van der Waals surface area contributed by atoms with E-state index in [0.717, 1.165) is 16.9 Å². The van der Waals surface area contributed by atoms with Crippen LogP contribution in [0.15, 0.2) is 66.9 Å². The highest BCUT2D eigenvalue weighted by atomic mass is 16.2. The van der Waals surface area contributed by atoms with E-state index in [1.807, 2.05) is 37.5 Å². The number of hydrogen-bond donors (Lipinski definition) is 0. The van der Waals surface area contributed by atoms with E-state index in [1.54, 1.807) is 4.90 Å². The molecule has 2 aromatic carbocycles. The lowest BCUT2D eigenvalue weighted by Gasteiger charge is -2.37. The average Bonchev–Trinajstić information content (AvgIpc) is 3.16. The molecule has 3 nitrogen and oxygen atoms in total. The van der Waals surface area contributed by atoms with Gasteiger partial charge in [-0.05, 0) is 23.8 Å². The van der Waals surface area contributed by atoms with Gasteiger partial charge in [-0.15, -0.1) is 0 Å². The number of carbonyl (C=O) groups excluding carboxylic acids is 1. The normalized spacial score (nSPS) is 21.3. The number of aromatic nitrogens is 1. The molecule has 1 amide bonds. The number of anilines is 1. The fraction of sp³-hybridized carbons (Fsp3) is 0.150. The van der Waals surface area contributed by atoms with Gasteiger partial charge < -0.3 is 9.47 Å². The zero-order valence-corrected chi connectivity index (χ0v) is 12.9. The molecule has 112 valence electrons. The Morgan fingerprint density at radius 1 is 0.957 bits per heavy atom. The van der Waals surface area contributed by atoms with Gasteiger partial charge in [0.1, 0.15) is 0 Å². The van der Waals surface area contributed by atoms with Gasteiger partial charge in [-0.3, -0.25) is 4.79 Å². The van der Waals surface area contributed by atoms with E-state index in [2.05, 4.69) is 41.0 Å². The van der Waals surface area contributed by atoms with Crippen LogP contribution in [-0.4, -0.2) is 17.5 Å². The fourth-order valence-electron chi connectivity index (χ4n) is 4.24. The Bertz CT molecular complexity index is 956. The third-order valence-electron chi connectivity index (χ3n) is 5.27.